The van der Waals surface area contributed by atoms with Crippen LogP contribution in [-0.2, 0) is 6.42 Å². The normalized spacial score (nSPS) is 10.6. The second-order valence-electron chi connectivity index (χ2n) is 5.52. The number of hydrogen-bond acceptors (Lipinski definition) is 2. The first-order valence-corrected chi connectivity index (χ1v) is 8.57. The maximum absolute atomic E-state index is 12.4. The van der Waals surface area contributed by atoms with Crippen molar-refractivity contribution in [2.75, 3.05) is 6.54 Å². The molecule has 0 aliphatic rings. The van der Waals surface area contributed by atoms with Gasteiger partial charge in [-0.05, 0) is 43.2 Å². The van der Waals surface area contributed by atoms with Crippen LogP contribution in [0, 0.1) is 6.92 Å². The van der Waals surface area contributed by atoms with Crippen molar-refractivity contribution in [3.63, 3.8) is 0 Å². The van der Waals surface area contributed by atoms with E-state index in [0.29, 0.717) is 12.1 Å². The molecule has 0 unspecified atom stereocenters. The molecule has 0 spiro atoms. The van der Waals surface area contributed by atoms with Gasteiger partial charge in [0.2, 0.25) is 0 Å². The van der Waals surface area contributed by atoms with Crippen molar-refractivity contribution in [1.29, 1.82) is 0 Å². The van der Waals surface area contributed by atoms with Crippen LogP contribution in [0.25, 0.3) is 5.69 Å². The van der Waals surface area contributed by atoms with Gasteiger partial charge in [0.25, 0.3) is 5.91 Å². The first-order chi connectivity index (χ1) is 11.6. The molecule has 0 radical (unpaired) electrons. The number of hydrogen-bond donors (Lipinski definition) is 1. The van der Waals surface area contributed by atoms with E-state index in [4.69, 9.17) is 0 Å². The van der Waals surface area contributed by atoms with Crippen LogP contribution in [-0.4, -0.2) is 22.2 Å². The van der Waals surface area contributed by atoms with Crippen molar-refractivity contribution < 1.29 is 4.79 Å². The Balaban J connectivity index is 1.66. The summed E-state index contributed by atoms with van der Waals surface area (Å²) < 4.78 is 2.79. The molecule has 4 nitrogen and oxygen atoms in total. The second kappa shape index (κ2) is 7.45. The summed E-state index contributed by atoms with van der Waals surface area (Å²) in [5, 5.41) is 7.31. The summed E-state index contributed by atoms with van der Waals surface area (Å²) in [5.41, 5.74) is 3.57. The Morgan fingerprint density at radius 1 is 1.12 bits per heavy atom. The molecule has 1 N–H and O–H groups in total. The van der Waals surface area contributed by atoms with Gasteiger partial charge < -0.3 is 5.32 Å². The summed E-state index contributed by atoms with van der Waals surface area (Å²) in [7, 11) is 0. The largest absolute Gasteiger partial charge is 0.352 e. The molecular weight excluding hydrogens is 366 g/mol. The number of carbonyl (C=O) groups is 1. The first-order valence-electron chi connectivity index (χ1n) is 7.78. The SMILES string of the molecule is Cc1c(C(=O)NCCc2ccccc2)cnn1-c1ccc(Br)cc1. The number of nitrogens with one attached hydrogen (secondary N) is 1. The molecule has 1 aromatic heterocycles. The number of carbonyl (C=O) groups excluding carboxylic acids is 1. The van der Waals surface area contributed by atoms with Gasteiger partial charge in [-0.3, -0.25) is 4.79 Å². The number of nitrogens with zero attached hydrogens (tertiary/aromatic N) is 2. The van der Waals surface area contributed by atoms with E-state index >= 15 is 0 Å². The lowest BCUT2D eigenvalue weighted by Crippen LogP contribution is -2.26. The highest BCUT2D eigenvalue weighted by atomic mass is 79.9. The third-order valence-corrected chi connectivity index (χ3v) is 4.40. The van der Waals surface area contributed by atoms with Gasteiger partial charge in [-0.2, -0.15) is 5.10 Å². The van der Waals surface area contributed by atoms with E-state index in [-0.39, 0.29) is 5.91 Å². The topological polar surface area (TPSA) is 46.9 Å². The Labute approximate surface area is 149 Å². The molecule has 1 heterocycles. The molecule has 24 heavy (non-hydrogen) atoms. The van der Waals surface area contributed by atoms with Gasteiger partial charge in [0.1, 0.15) is 0 Å². The maximum Gasteiger partial charge on any atom is 0.254 e. The maximum atomic E-state index is 12.4. The van der Waals surface area contributed by atoms with Crippen LogP contribution in [0.2, 0.25) is 0 Å². The molecule has 1 amide bonds. The highest BCUT2D eigenvalue weighted by molar-refractivity contribution is 9.10. The van der Waals surface area contributed by atoms with Gasteiger partial charge in [0.05, 0.1) is 23.1 Å². The Kier molecular flexibility index (Phi) is 5.11. The predicted octanol–water partition coefficient (Wildman–Crippen LogP) is 3.92. The number of rotatable bonds is 5. The van der Waals surface area contributed by atoms with Crippen LogP contribution < -0.4 is 5.32 Å². The molecule has 0 fully saturated rings. The lowest BCUT2D eigenvalue weighted by molar-refractivity contribution is 0.0953. The Morgan fingerprint density at radius 3 is 2.54 bits per heavy atom. The fourth-order valence-electron chi connectivity index (χ4n) is 2.54. The summed E-state index contributed by atoms with van der Waals surface area (Å²) in [4.78, 5) is 12.4. The molecule has 0 saturated carbocycles. The van der Waals surface area contributed by atoms with E-state index in [0.717, 1.165) is 22.3 Å². The average Bonchev–Trinajstić information content (AvgIpc) is 2.98. The van der Waals surface area contributed by atoms with E-state index in [2.05, 4.69) is 38.5 Å². The van der Waals surface area contributed by atoms with Gasteiger partial charge in [0.15, 0.2) is 0 Å². The third-order valence-electron chi connectivity index (χ3n) is 3.87. The minimum Gasteiger partial charge on any atom is -0.352 e. The van der Waals surface area contributed by atoms with Crippen molar-refractivity contribution in [1.82, 2.24) is 15.1 Å². The van der Waals surface area contributed by atoms with E-state index in [1.807, 2.05) is 49.4 Å². The summed E-state index contributed by atoms with van der Waals surface area (Å²) in [5.74, 6) is -0.0909. The fraction of sp³-hybridized carbons (Fsp3) is 0.158. The summed E-state index contributed by atoms with van der Waals surface area (Å²) >= 11 is 3.42. The minimum absolute atomic E-state index is 0.0909. The van der Waals surface area contributed by atoms with Crippen LogP contribution in [0.1, 0.15) is 21.6 Å². The molecule has 0 aliphatic carbocycles. The minimum atomic E-state index is -0.0909. The highest BCUT2D eigenvalue weighted by Gasteiger charge is 2.14. The molecule has 3 aromatic rings. The average molecular weight is 384 g/mol. The van der Waals surface area contributed by atoms with Crippen LogP contribution in [0.15, 0.2) is 65.3 Å². The lowest BCUT2D eigenvalue weighted by Gasteiger charge is -2.07. The zero-order valence-electron chi connectivity index (χ0n) is 13.4. The van der Waals surface area contributed by atoms with Crippen LogP contribution in [0.3, 0.4) is 0 Å². The Morgan fingerprint density at radius 2 is 1.83 bits per heavy atom. The van der Waals surface area contributed by atoms with Gasteiger partial charge in [0, 0.05) is 11.0 Å². The van der Waals surface area contributed by atoms with Crippen LogP contribution in [0.4, 0.5) is 0 Å². The fourth-order valence-corrected chi connectivity index (χ4v) is 2.80. The quantitative estimate of drug-likeness (QED) is 0.725. The van der Waals surface area contributed by atoms with E-state index < -0.39 is 0 Å². The molecule has 122 valence electrons. The standard InChI is InChI=1S/C19H18BrN3O/c1-14-18(13-22-23(14)17-9-7-16(20)8-10-17)19(24)21-12-11-15-5-3-2-4-6-15/h2-10,13H,11-12H2,1H3,(H,21,24). The van der Waals surface area contributed by atoms with E-state index in [1.54, 1.807) is 10.9 Å². The molecule has 5 heteroatoms. The molecule has 0 bridgehead atoms. The summed E-state index contributed by atoms with van der Waals surface area (Å²) in [6.07, 6.45) is 2.43. The highest BCUT2D eigenvalue weighted by Crippen LogP contribution is 2.17. The zero-order chi connectivity index (χ0) is 16.9. The molecule has 0 atom stereocenters. The molecule has 0 aliphatic heterocycles. The Hall–Kier alpha value is -2.40. The predicted molar refractivity (Wildman–Crippen MR) is 98.5 cm³/mol. The van der Waals surface area contributed by atoms with Gasteiger partial charge in [-0.15, -0.1) is 0 Å². The van der Waals surface area contributed by atoms with Crippen molar-refractivity contribution >= 4 is 21.8 Å². The molecule has 2 aromatic carbocycles. The number of benzene rings is 2. The molecular formula is C19H18BrN3O. The second-order valence-corrected chi connectivity index (χ2v) is 6.44. The number of aromatic nitrogens is 2. The summed E-state index contributed by atoms with van der Waals surface area (Å²) in [6, 6.07) is 17.9. The van der Waals surface area contributed by atoms with Gasteiger partial charge in [-0.1, -0.05) is 46.3 Å². The Bertz CT molecular complexity index is 826. The summed E-state index contributed by atoms with van der Waals surface area (Å²) in [6.45, 7) is 2.51. The van der Waals surface area contributed by atoms with E-state index in [1.165, 1.54) is 5.56 Å². The number of amides is 1. The van der Waals surface area contributed by atoms with Gasteiger partial charge >= 0.3 is 0 Å². The van der Waals surface area contributed by atoms with Crippen LogP contribution >= 0.6 is 15.9 Å². The van der Waals surface area contributed by atoms with Gasteiger partial charge in [-0.25, -0.2) is 4.68 Å². The smallest absolute Gasteiger partial charge is 0.254 e. The van der Waals surface area contributed by atoms with Crippen molar-refractivity contribution in [2.45, 2.75) is 13.3 Å². The molecule has 0 saturated heterocycles. The molecule has 3 rings (SSSR count). The third kappa shape index (κ3) is 3.74. The van der Waals surface area contributed by atoms with Crippen molar-refractivity contribution in [3.05, 3.63) is 82.1 Å². The van der Waals surface area contributed by atoms with Crippen molar-refractivity contribution in [3.8, 4) is 5.69 Å². The van der Waals surface area contributed by atoms with Crippen molar-refractivity contribution in [2.24, 2.45) is 0 Å². The van der Waals surface area contributed by atoms with Crippen LogP contribution in [0.5, 0.6) is 0 Å². The van der Waals surface area contributed by atoms with E-state index in [9.17, 15) is 4.79 Å². The number of halogens is 1. The zero-order valence-corrected chi connectivity index (χ0v) is 15.0. The monoisotopic (exact) mass is 383 g/mol. The first kappa shape index (κ1) is 16.5. The lowest BCUT2D eigenvalue weighted by atomic mass is 10.1.